The zero-order chi connectivity index (χ0) is 28.0. The summed E-state index contributed by atoms with van der Waals surface area (Å²) >= 11 is 11.9. The van der Waals surface area contributed by atoms with Crippen molar-refractivity contribution < 1.29 is 8.42 Å². The minimum absolute atomic E-state index is 0.106. The fourth-order valence-corrected chi connectivity index (χ4v) is 6.04. The Balaban J connectivity index is 1.12. The van der Waals surface area contributed by atoms with Gasteiger partial charge >= 0.3 is 0 Å². The third-order valence-electron chi connectivity index (χ3n) is 6.87. The molecule has 1 fully saturated rings. The van der Waals surface area contributed by atoms with Crippen molar-refractivity contribution in [1.29, 1.82) is 0 Å². The van der Waals surface area contributed by atoms with Crippen molar-refractivity contribution in [2.24, 2.45) is 0 Å². The zero-order valence-electron chi connectivity index (χ0n) is 21.7. The molecule has 1 aliphatic rings. The van der Waals surface area contributed by atoms with Crippen LogP contribution < -0.4 is 10.0 Å². The smallest absolute Gasteiger partial charge is 0.263 e. The monoisotopic (exact) mass is 596 g/mol. The van der Waals surface area contributed by atoms with Crippen LogP contribution in [0.4, 0.5) is 11.5 Å². The van der Waals surface area contributed by atoms with Crippen molar-refractivity contribution >= 4 is 44.7 Å². The Morgan fingerprint density at radius 3 is 2.10 bits per heavy atom. The lowest BCUT2D eigenvalue weighted by Gasteiger charge is -2.40. The second-order valence-electron chi connectivity index (χ2n) is 9.54. The summed E-state index contributed by atoms with van der Waals surface area (Å²) < 4.78 is 27.7. The van der Waals surface area contributed by atoms with E-state index < -0.39 is 10.0 Å². The predicted molar refractivity (Wildman–Crippen MR) is 161 cm³/mol. The summed E-state index contributed by atoms with van der Waals surface area (Å²) in [7, 11) is -3.78. The molecule has 11 heteroatoms. The Hall–Kier alpha value is -3.21. The molecule has 1 saturated heterocycles. The molecule has 0 amide bonds. The number of hydrogen-bond acceptors (Lipinski definition) is 7. The number of nitrogens with zero attached hydrogens (tertiary/aromatic N) is 4. The van der Waals surface area contributed by atoms with E-state index >= 15 is 0 Å². The number of aromatic nitrogens is 2. The number of halogens is 2. The molecule has 2 heterocycles. The standard InChI is InChI=1S/C29H30Cl2N6O2S/c30-24-8-6-23(7-9-24)29(22-4-2-1-3-5-22)37-20-18-36(19-21-37)17-16-32-25-10-12-26(13-11-25)40(38,39)35-28-15-14-27(31)33-34-28/h1-15,29,32H,16-21H2,(H,34,35)/t29-/m1/s1. The van der Waals surface area contributed by atoms with Crippen LogP contribution in [0.3, 0.4) is 0 Å². The third-order valence-corrected chi connectivity index (χ3v) is 8.69. The maximum atomic E-state index is 12.6. The lowest BCUT2D eigenvalue weighted by Crippen LogP contribution is -2.48. The molecule has 3 aromatic carbocycles. The van der Waals surface area contributed by atoms with Gasteiger partial charge in [-0.25, -0.2) is 8.42 Å². The van der Waals surface area contributed by atoms with Gasteiger partial charge in [0.05, 0.1) is 10.9 Å². The minimum Gasteiger partial charge on any atom is -0.384 e. The van der Waals surface area contributed by atoms with Crippen LogP contribution in [0.5, 0.6) is 0 Å². The molecular weight excluding hydrogens is 567 g/mol. The van der Waals surface area contributed by atoms with Crippen LogP contribution in [0.25, 0.3) is 0 Å². The van der Waals surface area contributed by atoms with E-state index in [-0.39, 0.29) is 21.9 Å². The van der Waals surface area contributed by atoms with E-state index in [1.807, 2.05) is 18.2 Å². The van der Waals surface area contributed by atoms with Crippen LogP contribution in [-0.4, -0.2) is 67.7 Å². The van der Waals surface area contributed by atoms with Gasteiger partial charge in [-0.1, -0.05) is 65.7 Å². The number of benzene rings is 3. The van der Waals surface area contributed by atoms with E-state index in [4.69, 9.17) is 23.2 Å². The summed E-state index contributed by atoms with van der Waals surface area (Å²) in [5.41, 5.74) is 3.38. The number of hydrogen-bond donors (Lipinski definition) is 2. The highest BCUT2D eigenvalue weighted by Crippen LogP contribution is 2.30. The second kappa shape index (κ2) is 13.0. The molecule has 0 unspecified atom stereocenters. The molecule has 0 radical (unpaired) electrons. The molecular formula is C29H30Cl2N6O2S. The first-order chi connectivity index (χ1) is 19.4. The van der Waals surface area contributed by atoms with Crippen molar-refractivity contribution in [1.82, 2.24) is 20.0 Å². The predicted octanol–water partition coefficient (Wildman–Crippen LogP) is 5.40. The average Bonchev–Trinajstić information content (AvgIpc) is 2.97. The van der Waals surface area contributed by atoms with Gasteiger partial charge in [0.25, 0.3) is 10.0 Å². The van der Waals surface area contributed by atoms with Gasteiger partial charge in [-0.15, -0.1) is 10.2 Å². The summed E-state index contributed by atoms with van der Waals surface area (Å²) in [5.74, 6) is 0.106. The summed E-state index contributed by atoms with van der Waals surface area (Å²) in [5, 5.41) is 11.7. The third kappa shape index (κ3) is 7.30. The molecule has 0 saturated carbocycles. The van der Waals surface area contributed by atoms with Gasteiger partial charge in [0, 0.05) is 50.0 Å². The number of nitrogens with one attached hydrogen (secondary N) is 2. The minimum atomic E-state index is -3.78. The topological polar surface area (TPSA) is 90.5 Å². The fourth-order valence-electron chi connectivity index (χ4n) is 4.82. The van der Waals surface area contributed by atoms with Gasteiger partial charge in [-0.2, -0.15) is 0 Å². The van der Waals surface area contributed by atoms with Crippen molar-refractivity contribution in [3.63, 3.8) is 0 Å². The average molecular weight is 598 g/mol. The van der Waals surface area contributed by atoms with Crippen molar-refractivity contribution in [3.05, 3.63) is 112 Å². The van der Waals surface area contributed by atoms with E-state index in [0.29, 0.717) is 0 Å². The summed E-state index contributed by atoms with van der Waals surface area (Å²) in [4.78, 5) is 5.12. The Bertz CT molecular complexity index is 1480. The Morgan fingerprint density at radius 2 is 1.45 bits per heavy atom. The maximum Gasteiger partial charge on any atom is 0.263 e. The van der Waals surface area contributed by atoms with Crippen LogP contribution in [-0.2, 0) is 10.0 Å². The first kappa shape index (κ1) is 28.3. The first-order valence-electron chi connectivity index (χ1n) is 13.0. The van der Waals surface area contributed by atoms with Crippen LogP contribution in [0.2, 0.25) is 10.2 Å². The second-order valence-corrected chi connectivity index (χ2v) is 12.0. The van der Waals surface area contributed by atoms with E-state index in [1.165, 1.54) is 23.3 Å². The molecule has 0 bridgehead atoms. The van der Waals surface area contributed by atoms with E-state index in [9.17, 15) is 8.42 Å². The fraction of sp³-hybridized carbons (Fsp3) is 0.241. The molecule has 208 valence electrons. The lowest BCUT2D eigenvalue weighted by molar-refractivity contribution is 0.112. The molecule has 4 aromatic rings. The quantitative estimate of drug-likeness (QED) is 0.253. The summed E-state index contributed by atoms with van der Waals surface area (Å²) in [6.07, 6.45) is 0. The Kier molecular flexibility index (Phi) is 9.18. The molecule has 1 aromatic heterocycles. The van der Waals surface area contributed by atoms with Crippen molar-refractivity contribution in [2.75, 3.05) is 49.3 Å². The molecule has 0 spiro atoms. The molecule has 2 N–H and O–H groups in total. The molecule has 8 nitrogen and oxygen atoms in total. The van der Waals surface area contributed by atoms with Crippen LogP contribution in [0, 0.1) is 0 Å². The Labute approximate surface area is 245 Å². The van der Waals surface area contributed by atoms with Crippen LogP contribution in [0.1, 0.15) is 17.2 Å². The Morgan fingerprint density at radius 1 is 0.775 bits per heavy atom. The van der Waals surface area contributed by atoms with Gasteiger partial charge in [-0.3, -0.25) is 14.5 Å². The molecule has 1 aliphatic heterocycles. The molecule has 40 heavy (non-hydrogen) atoms. The highest BCUT2D eigenvalue weighted by Gasteiger charge is 2.26. The van der Waals surface area contributed by atoms with Gasteiger partial charge in [-0.05, 0) is 59.7 Å². The normalized spacial score (nSPS) is 15.4. The number of anilines is 2. The van der Waals surface area contributed by atoms with Crippen LogP contribution >= 0.6 is 23.2 Å². The highest BCUT2D eigenvalue weighted by molar-refractivity contribution is 7.92. The van der Waals surface area contributed by atoms with Gasteiger partial charge < -0.3 is 5.32 Å². The highest BCUT2D eigenvalue weighted by atomic mass is 35.5. The van der Waals surface area contributed by atoms with Crippen molar-refractivity contribution in [3.8, 4) is 0 Å². The summed E-state index contributed by atoms with van der Waals surface area (Å²) in [6, 6.07) is 28.5. The van der Waals surface area contributed by atoms with E-state index in [0.717, 1.165) is 50.0 Å². The molecule has 5 rings (SSSR count). The molecule has 1 atom stereocenters. The SMILES string of the molecule is O=S(=O)(Nc1ccc(Cl)nn1)c1ccc(NCCN2CCN([C@H](c3ccccc3)c3ccc(Cl)cc3)CC2)cc1. The van der Waals surface area contributed by atoms with Crippen LogP contribution in [0.15, 0.2) is 95.9 Å². The first-order valence-corrected chi connectivity index (χ1v) is 15.2. The van der Waals surface area contributed by atoms with Gasteiger partial charge in [0.2, 0.25) is 0 Å². The number of piperazine rings is 1. The molecule has 0 aliphatic carbocycles. The number of sulfonamides is 1. The maximum absolute atomic E-state index is 12.6. The van der Waals surface area contributed by atoms with Crippen molar-refractivity contribution in [2.45, 2.75) is 10.9 Å². The zero-order valence-corrected chi connectivity index (χ0v) is 24.1. The van der Waals surface area contributed by atoms with E-state index in [2.05, 4.69) is 66.4 Å². The summed E-state index contributed by atoms with van der Waals surface area (Å²) in [6.45, 7) is 5.50. The van der Waals surface area contributed by atoms with E-state index in [1.54, 1.807) is 24.3 Å². The van der Waals surface area contributed by atoms with Gasteiger partial charge in [0.15, 0.2) is 11.0 Å². The lowest BCUT2D eigenvalue weighted by atomic mass is 9.96. The number of rotatable bonds is 10. The largest absolute Gasteiger partial charge is 0.384 e. The van der Waals surface area contributed by atoms with Gasteiger partial charge in [0.1, 0.15) is 0 Å².